The fraction of sp³-hybridized carbons (Fsp3) is 0.941. The Morgan fingerprint density at radius 2 is 2.00 bits per heavy atom. The molecule has 2 aliphatic rings. The van der Waals surface area contributed by atoms with E-state index in [1.807, 2.05) is 13.8 Å². The first-order valence-electron chi connectivity index (χ1n) is 8.72. The standard InChI is InChI=1S/C17H32N2O2/c1-4-18-17(3,16(20)21)12-13(2)19-11-7-9-14-8-5-6-10-15(14)19/h13-15,18H,4-12H2,1-3H3,(H,20,21). The van der Waals surface area contributed by atoms with Crippen molar-refractivity contribution in [1.29, 1.82) is 0 Å². The van der Waals surface area contributed by atoms with Gasteiger partial charge in [0.2, 0.25) is 0 Å². The van der Waals surface area contributed by atoms with E-state index in [-0.39, 0.29) is 0 Å². The Morgan fingerprint density at radius 1 is 1.33 bits per heavy atom. The highest BCUT2D eigenvalue weighted by Crippen LogP contribution is 2.37. The molecule has 4 heteroatoms. The lowest BCUT2D eigenvalue weighted by Crippen LogP contribution is -2.57. The average molecular weight is 296 g/mol. The molecule has 1 saturated carbocycles. The summed E-state index contributed by atoms with van der Waals surface area (Å²) in [5.41, 5.74) is -0.810. The highest BCUT2D eigenvalue weighted by Gasteiger charge is 2.40. The van der Waals surface area contributed by atoms with Gasteiger partial charge in [0.05, 0.1) is 0 Å². The van der Waals surface area contributed by atoms with Crippen molar-refractivity contribution in [3.05, 3.63) is 0 Å². The molecule has 0 aromatic carbocycles. The number of hydrogen-bond donors (Lipinski definition) is 2. The molecule has 4 atom stereocenters. The molecule has 2 fully saturated rings. The minimum absolute atomic E-state index is 0.330. The maximum Gasteiger partial charge on any atom is 0.323 e. The second-order valence-corrected chi connectivity index (χ2v) is 7.21. The number of carbonyl (C=O) groups is 1. The fourth-order valence-electron chi connectivity index (χ4n) is 4.54. The van der Waals surface area contributed by atoms with Crippen molar-refractivity contribution in [1.82, 2.24) is 10.2 Å². The molecule has 0 bridgehead atoms. The third-order valence-electron chi connectivity index (χ3n) is 5.59. The Balaban J connectivity index is 2.03. The largest absolute Gasteiger partial charge is 0.480 e. The third-order valence-corrected chi connectivity index (χ3v) is 5.59. The maximum atomic E-state index is 11.6. The van der Waals surface area contributed by atoms with Gasteiger partial charge in [-0.1, -0.05) is 19.8 Å². The molecule has 0 aromatic heterocycles. The van der Waals surface area contributed by atoms with Crippen molar-refractivity contribution in [3.8, 4) is 0 Å². The number of carboxylic acids is 1. The minimum atomic E-state index is -0.810. The summed E-state index contributed by atoms with van der Waals surface area (Å²) >= 11 is 0. The molecule has 4 nitrogen and oxygen atoms in total. The SMILES string of the molecule is CCNC(C)(CC(C)N1CCCC2CCCCC21)C(=O)O. The topological polar surface area (TPSA) is 52.6 Å². The molecule has 4 unspecified atom stereocenters. The Labute approximate surface area is 129 Å². The number of likely N-dealkylation sites (N-methyl/N-ethyl adjacent to an activating group) is 1. The van der Waals surface area contributed by atoms with Crippen LogP contribution in [0.4, 0.5) is 0 Å². The molecule has 1 heterocycles. The molecule has 0 aromatic rings. The number of carboxylic acid groups (broad SMARTS) is 1. The van der Waals surface area contributed by atoms with E-state index in [4.69, 9.17) is 0 Å². The summed E-state index contributed by atoms with van der Waals surface area (Å²) in [6, 6.07) is 1.03. The van der Waals surface area contributed by atoms with Crippen LogP contribution in [0.25, 0.3) is 0 Å². The molecule has 1 aliphatic heterocycles. The molecule has 1 saturated heterocycles. The van der Waals surface area contributed by atoms with E-state index < -0.39 is 11.5 Å². The molecule has 0 radical (unpaired) electrons. The molecule has 2 N–H and O–H groups in total. The average Bonchev–Trinajstić information content (AvgIpc) is 2.46. The summed E-state index contributed by atoms with van der Waals surface area (Å²) in [6.07, 6.45) is 8.73. The summed E-state index contributed by atoms with van der Waals surface area (Å²) in [5.74, 6) is 0.124. The first-order chi connectivity index (χ1) is 9.98. The Morgan fingerprint density at radius 3 is 2.67 bits per heavy atom. The highest BCUT2D eigenvalue weighted by molar-refractivity contribution is 5.78. The Kier molecular flexibility index (Phi) is 5.67. The van der Waals surface area contributed by atoms with Gasteiger partial charge >= 0.3 is 5.97 Å². The first kappa shape index (κ1) is 16.8. The van der Waals surface area contributed by atoms with Crippen LogP contribution >= 0.6 is 0 Å². The molecular formula is C17H32N2O2. The summed E-state index contributed by atoms with van der Waals surface area (Å²) in [5, 5.41) is 12.7. The van der Waals surface area contributed by atoms with Crippen molar-refractivity contribution < 1.29 is 9.90 Å². The van der Waals surface area contributed by atoms with Gasteiger partial charge in [0, 0.05) is 12.1 Å². The minimum Gasteiger partial charge on any atom is -0.480 e. The van der Waals surface area contributed by atoms with E-state index in [9.17, 15) is 9.90 Å². The highest BCUT2D eigenvalue weighted by atomic mass is 16.4. The van der Waals surface area contributed by atoms with Gasteiger partial charge < -0.3 is 10.4 Å². The molecular weight excluding hydrogens is 264 g/mol. The number of hydrogen-bond acceptors (Lipinski definition) is 3. The van der Waals surface area contributed by atoms with Crippen molar-refractivity contribution in [2.24, 2.45) is 5.92 Å². The zero-order valence-electron chi connectivity index (χ0n) is 13.9. The zero-order valence-corrected chi connectivity index (χ0v) is 13.9. The van der Waals surface area contributed by atoms with E-state index in [2.05, 4.69) is 17.1 Å². The number of likely N-dealkylation sites (tertiary alicyclic amines) is 1. The quantitative estimate of drug-likeness (QED) is 0.791. The molecule has 0 spiro atoms. The van der Waals surface area contributed by atoms with Gasteiger partial charge in [0.15, 0.2) is 0 Å². The van der Waals surface area contributed by atoms with Gasteiger partial charge in [0.25, 0.3) is 0 Å². The molecule has 0 amide bonds. The van der Waals surface area contributed by atoms with Crippen LogP contribution < -0.4 is 5.32 Å². The predicted molar refractivity (Wildman–Crippen MR) is 85.5 cm³/mol. The van der Waals surface area contributed by atoms with Gasteiger partial charge in [-0.15, -0.1) is 0 Å². The van der Waals surface area contributed by atoms with Crippen LogP contribution in [-0.2, 0) is 4.79 Å². The van der Waals surface area contributed by atoms with Crippen molar-refractivity contribution in [3.63, 3.8) is 0 Å². The maximum absolute atomic E-state index is 11.6. The summed E-state index contributed by atoms with van der Waals surface area (Å²) in [4.78, 5) is 14.2. The van der Waals surface area contributed by atoms with Crippen LogP contribution in [0.15, 0.2) is 0 Å². The van der Waals surface area contributed by atoms with E-state index >= 15 is 0 Å². The number of nitrogens with one attached hydrogen (secondary N) is 1. The normalized spacial score (nSPS) is 31.2. The van der Waals surface area contributed by atoms with E-state index in [1.54, 1.807) is 0 Å². The van der Waals surface area contributed by atoms with Crippen LogP contribution in [0.5, 0.6) is 0 Å². The Hall–Kier alpha value is -0.610. The van der Waals surface area contributed by atoms with Gasteiger partial charge in [-0.25, -0.2) is 0 Å². The fourth-order valence-corrected chi connectivity index (χ4v) is 4.54. The van der Waals surface area contributed by atoms with Crippen LogP contribution in [-0.4, -0.2) is 46.7 Å². The Bertz CT molecular complexity index is 359. The van der Waals surface area contributed by atoms with Crippen molar-refractivity contribution >= 4 is 5.97 Å². The molecule has 21 heavy (non-hydrogen) atoms. The lowest BCUT2D eigenvalue weighted by molar-refractivity contribution is -0.145. The number of piperidine rings is 1. The molecule has 2 rings (SSSR count). The van der Waals surface area contributed by atoms with Crippen molar-refractivity contribution in [2.75, 3.05) is 13.1 Å². The number of rotatable bonds is 6. The van der Waals surface area contributed by atoms with Gasteiger partial charge in [-0.2, -0.15) is 0 Å². The summed E-state index contributed by atoms with van der Waals surface area (Å²) in [7, 11) is 0. The number of fused-ring (bicyclic) bond motifs is 1. The van der Waals surface area contributed by atoms with Crippen LogP contribution in [0, 0.1) is 5.92 Å². The molecule has 122 valence electrons. The second-order valence-electron chi connectivity index (χ2n) is 7.21. The van der Waals surface area contributed by atoms with Crippen LogP contribution in [0.3, 0.4) is 0 Å². The van der Waals surface area contributed by atoms with Gasteiger partial charge in [-0.05, 0) is 65.0 Å². The molecule has 1 aliphatic carbocycles. The first-order valence-corrected chi connectivity index (χ1v) is 8.72. The van der Waals surface area contributed by atoms with Crippen molar-refractivity contribution in [2.45, 2.75) is 83.3 Å². The van der Waals surface area contributed by atoms with E-state index in [0.717, 1.165) is 12.5 Å². The van der Waals surface area contributed by atoms with Crippen LogP contribution in [0.2, 0.25) is 0 Å². The monoisotopic (exact) mass is 296 g/mol. The van der Waals surface area contributed by atoms with E-state index in [1.165, 1.54) is 38.5 Å². The lowest BCUT2D eigenvalue weighted by Gasteiger charge is -2.48. The lowest BCUT2D eigenvalue weighted by atomic mass is 9.77. The second kappa shape index (κ2) is 7.10. The van der Waals surface area contributed by atoms with Gasteiger partial charge in [0.1, 0.15) is 5.54 Å². The number of aliphatic carboxylic acids is 1. The summed E-state index contributed by atoms with van der Waals surface area (Å²) < 4.78 is 0. The smallest absolute Gasteiger partial charge is 0.323 e. The third kappa shape index (κ3) is 3.78. The predicted octanol–water partition coefficient (Wildman–Crippen LogP) is 2.87. The summed E-state index contributed by atoms with van der Waals surface area (Å²) in [6.45, 7) is 7.86. The van der Waals surface area contributed by atoms with E-state index in [0.29, 0.717) is 25.0 Å². The van der Waals surface area contributed by atoms with Gasteiger partial charge in [-0.3, -0.25) is 9.69 Å². The zero-order chi connectivity index (χ0) is 15.5. The van der Waals surface area contributed by atoms with Crippen LogP contribution in [0.1, 0.15) is 65.7 Å². The number of nitrogens with zero attached hydrogens (tertiary/aromatic N) is 1.